The van der Waals surface area contributed by atoms with Crippen LogP contribution in [0.1, 0.15) is 33.8 Å². The lowest BCUT2D eigenvalue weighted by molar-refractivity contribution is 0.0646. The van der Waals surface area contributed by atoms with E-state index in [1.807, 2.05) is 18.2 Å². The van der Waals surface area contributed by atoms with Crippen molar-refractivity contribution in [1.29, 1.82) is 0 Å². The number of imidazole rings is 1. The van der Waals surface area contributed by atoms with E-state index in [1.165, 1.54) is 6.20 Å². The Hall–Kier alpha value is -4.25. The maximum Gasteiger partial charge on any atom is 0.312 e. The molecule has 11 nitrogen and oxygen atoms in total. The summed E-state index contributed by atoms with van der Waals surface area (Å²) in [4.78, 5) is 27.0. The fraction of sp³-hybridized carbons (Fsp3) is 0.182. The highest BCUT2D eigenvalue weighted by Gasteiger charge is 2.38. The second kappa shape index (κ2) is 7.96. The Kier molecular flexibility index (Phi) is 4.77. The zero-order chi connectivity index (χ0) is 23.2. The fourth-order valence-corrected chi connectivity index (χ4v) is 4.30. The molecule has 0 saturated heterocycles. The largest absolute Gasteiger partial charge is 0.495 e. The Labute approximate surface area is 197 Å². The first-order valence-corrected chi connectivity index (χ1v) is 10.8. The molecule has 5 aromatic rings. The van der Waals surface area contributed by atoms with Crippen molar-refractivity contribution in [3.8, 4) is 17.3 Å². The van der Waals surface area contributed by atoms with Crippen LogP contribution in [-0.4, -0.2) is 59.2 Å². The van der Waals surface area contributed by atoms with Gasteiger partial charge in [-0.15, -0.1) is 10.2 Å². The number of carbonyl (C=O) groups is 1. The zero-order valence-electron chi connectivity index (χ0n) is 17.8. The molecule has 0 fully saturated rings. The number of rotatable bonds is 4. The molecule has 0 saturated carbocycles. The van der Waals surface area contributed by atoms with Crippen molar-refractivity contribution in [3.05, 3.63) is 77.0 Å². The van der Waals surface area contributed by atoms with Gasteiger partial charge in [0.2, 0.25) is 0 Å². The van der Waals surface area contributed by atoms with Gasteiger partial charge in [0.1, 0.15) is 22.6 Å². The monoisotopic (exact) mass is 476 g/mol. The molecule has 34 heavy (non-hydrogen) atoms. The van der Waals surface area contributed by atoms with Crippen molar-refractivity contribution >= 4 is 23.0 Å². The van der Waals surface area contributed by atoms with Gasteiger partial charge in [0, 0.05) is 18.7 Å². The smallest absolute Gasteiger partial charge is 0.312 e. The molecule has 0 aromatic carbocycles. The summed E-state index contributed by atoms with van der Waals surface area (Å²) in [7, 11) is 1.55. The van der Waals surface area contributed by atoms with Crippen LogP contribution in [0.15, 0.2) is 53.3 Å². The summed E-state index contributed by atoms with van der Waals surface area (Å²) < 4.78 is 12.4. The average Bonchev–Trinajstić information content (AvgIpc) is 3.62. The van der Waals surface area contributed by atoms with E-state index in [0.717, 1.165) is 16.9 Å². The number of nitrogens with zero attached hydrogens (tertiary/aromatic N) is 7. The summed E-state index contributed by atoms with van der Waals surface area (Å²) in [6.07, 6.45) is 3.76. The zero-order valence-corrected chi connectivity index (χ0v) is 18.6. The first-order chi connectivity index (χ1) is 16.6. The highest BCUT2D eigenvalue weighted by atomic mass is 35.5. The molecule has 0 bridgehead atoms. The third kappa shape index (κ3) is 3.28. The third-order valence-electron chi connectivity index (χ3n) is 5.72. The first kappa shape index (κ1) is 20.4. The van der Waals surface area contributed by atoms with Gasteiger partial charge in [0.15, 0.2) is 0 Å². The van der Waals surface area contributed by atoms with E-state index in [-0.39, 0.29) is 11.8 Å². The fourth-order valence-electron chi connectivity index (χ4n) is 4.09. The van der Waals surface area contributed by atoms with Crippen molar-refractivity contribution < 1.29 is 13.9 Å². The van der Waals surface area contributed by atoms with Crippen molar-refractivity contribution in [2.24, 2.45) is 0 Å². The Morgan fingerprint density at radius 3 is 2.94 bits per heavy atom. The molecule has 12 heteroatoms. The quantitative estimate of drug-likeness (QED) is 0.392. The van der Waals surface area contributed by atoms with Gasteiger partial charge >= 0.3 is 11.8 Å². The van der Waals surface area contributed by atoms with Crippen LogP contribution in [0.25, 0.3) is 17.1 Å². The number of methoxy groups -OCH3 is 1. The average molecular weight is 477 g/mol. The van der Waals surface area contributed by atoms with E-state index in [2.05, 4.69) is 30.2 Å². The first-order valence-electron chi connectivity index (χ1n) is 10.4. The minimum atomic E-state index is -0.548. The van der Waals surface area contributed by atoms with Crippen LogP contribution in [0.4, 0.5) is 0 Å². The highest BCUT2D eigenvalue weighted by Crippen LogP contribution is 2.34. The van der Waals surface area contributed by atoms with E-state index in [0.29, 0.717) is 35.3 Å². The Morgan fingerprint density at radius 1 is 1.24 bits per heavy atom. The van der Waals surface area contributed by atoms with Crippen LogP contribution in [0.3, 0.4) is 0 Å². The number of ether oxygens (including phenoxy) is 1. The molecule has 1 N–H and O–H groups in total. The summed E-state index contributed by atoms with van der Waals surface area (Å²) in [5.74, 6) is 0.171. The number of hydrogen-bond donors (Lipinski definition) is 1. The normalized spacial score (nSPS) is 15.5. The maximum absolute atomic E-state index is 13.5. The number of halogens is 1. The summed E-state index contributed by atoms with van der Waals surface area (Å²) in [6, 6.07) is 10.2. The number of pyridine rings is 2. The number of H-pyrrole nitrogens is 1. The number of aromatic nitrogens is 7. The molecular formula is C22H17ClN8O3. The molecular weight excluding hydrogens is 460 g/mol. The summed E-state index contributed by atoms with van der Waals surface area (Å²) in [5.41, 5.74) is 3.54. The van der Waals surface area contributed by atoms with E-state index < -0.39 is 11.9 Å². The molecule has 1 aliphatic heterocycles. The van der Waals surface area contributed by atoms with E-state index in [4.69, 9.17) is 20.8 Å². The molecule has 6 rings (SSSR count). The maximum atomic E-state index is 13.5. The van der Waals surface area contributed by atoms with Gasteiger partial charge in [0.25, 0.3) is 5.89 Å². The number of fused-ring (bicyclic) bond motifs is 2. The molecule has 1 atom stereocenters. The predicted molar refractivity (Wildman–Crippen MR) is 119 cm³/mol. The molecule has 0 radical (unpaired) electrons. The molecule has 0 unspecified atom stereocenters. The van der Waals surface area contributed by atoms with Crippen LogP contribution in [0, 0.1) is 0 Å². The predicted octanol–water partition coefficient (Wildman–Crippen LogP) is 2.95. The second-order valence-electron chi connectivity index (χ2n) is 7.67. The number of carbonyl (C=O) groups excluding carboxylic acids is 1. The molecule has 0 spiro atoms. The Bertz CT molecular complexity index is 1510. The van der Waals surface area contributed by atoms with E-state index >= 15 is 0 Å². The van der Waals surface area contributed by atoms with Crippen LogP contribution < -0.4 is 4.74 Å². The standard InChI is InChI=1S/C22H17ClN8O3/c1-33-13-5-6-15(24-10-13)20-27-28-21(34-20)22(32)30-8-7-14-18(26-11-25-14)19(30)16-9-12-3-2-4-17(23)31(12)29-16/h2-6,9-11,19H,7-8H2,1H3,(H,25,26)/t19-/m1/s1. The van der Waals surface area contributed by atoms with Crippen LogP contribution in [0.5, 0.6) is 5.75 Å². The van der Waals surface area contributed by atoms with E-state index in [9.17, 15) is 4.79 Å². The minimum Gasteiger partial charge on any atom is -0.495 e. The van der Waals surface area contributed by atoms with Gasteiger partial charge < -0.3 is 19.0 Å². The van der Waals surface area contributed by atoms with Gasteiger partial charge in [-0.25, -0.2) is 14.5 Å². The number of nitrogens with one attached hydrogen (secondary N) is 1. The van der Waals surface area contributed by atoms with Crippen LogP contribution in [0.2, 0.25) is 5.15 Å². The third-order valence-corrected chi connectivity index (χ3v) is 6.01. The summed E-state index contributed by atoms with van der Waals surface area (Å²) in [5, 5.41) is 13.1. The molecule has 0 aliphatic carbocycles. The van der Waals surface area contributed by atoms with Gasteiger partial charge in [-0.05, 0) is 30.3 Å². The lowest BCUT2D eigenvalue weighted by Gasteiger charge is -2.32. The van der Waals surface area contributed by atoms with E-state index in [1.54, 1.807) is 41.1 Å². The van der Waals surface area contributed by atoms with Crippen molar-refractivity contribution in [2.75, 3.05) is 13.7 Å². The minimum absolute atomic E-state index is 0.138. The lowest BCUT2D eigenvalue weighted by Crippen LogP contribution is -2.41. The molecule has 170 valence electrons. The van der Waals surface area contributed by atoms with Gasteiger partial charge in [0.05, 0.1) is 36.5 Å². The van der Waals surface area contributed by atoms with Crippen LogP contribution >= 0.6 is 11.6 Å². The van der Waals surface area contributed by atoms with Crippen molar-refractivity contribution in [3.63, 3.8) is 0 Å². The SMILES string of the molecule is COc1ccc(-c2nnc(C(=O)N3CCc4[nH]cnc4[C@H]3c3cc4cccc(Cl)n4n3)o2)nc1. The van der Waals surface area contributed by atoms with Gasteiger partial charge in [-0.2, -0.15) is 5.10 Å². The van der Waals surface area contributed by atoms with Crippen molar-refractivity contribution in [1.82, 2.24) is 39.7 Å². The molecule has 6 heterocycles. The molecule has 5 aromatic heterocycles. The van der Waals surface area contributed by atoms with Gasteiger partial charge in [-0.3, -0.25) is 4.79 Å². The summed E-state index contributed by atoms with van der Waals surface area (Å²) >= 11 is 6.31. The lowest BCUT2D eigenvalue weighted by atomic mass is 9.99. The number of hydrogen-bond acceptors (Lipinski definition) is 8. The Balaban J connectivity index is 1.37. The topological polar surface area (TPSA) is 127 Å². The number of aromatic amines is 1. The molecule has 1 amide bonds. The van der Waals surface area contributed by atoms with Gasteiger partial charge in [-0.1, -0.05) is 17.7 Å². The molecule has 1 aliphatic rings. The number of amides is 1. The Morgan fingerprint density at radius 2 is 2.15 bits per heavy atom. The van der Waals surface area contributed by atoms with Crippen LogP contribution in [-0.2, 0) is 6.42 Å². The van der Waals surface area contributed by atoms with Crippen molar-refractivity contribution in [2.45, 2.75) is 12.5 Å². The highest BCUT2D eigenvalue weighted by molar-refractivity contribution is 6.29. The second-order valence-corrected chi connectivity index (χ2v) is 8.05. The summed E-state index contributed by atoms with van der Waals surface area (Å²) in [6.45, 7) is 0.415.